The van der Waals surface area contributed by atoms with E-state index >= 15 is 0 Å². The molecule has 1 aliphatic carbocycles. The second kappa shape index (κ2) is 6.50. The Morgan fingerprint density at radius 1 is 1.35 bits per heavy atom. The van der Waals surface area contributed by atoms with Crippen LogP contribution < -0.4 is 11.3 Å². The van der Waals surface area contributed by atoms with E-state index in [-0.39, 0.29) is 0 Å². The quantitative estimate of drug-likeness (QED) is 0.324. The molecule has 3 N–H and O–H groups in total. The number of hydrazine groups is 1. The number of nitrogens with two attached hydrogens (primary N) is 1. The summed E-state index contributed by atoms with van der Waals surface area (Å²) in [5.74, 6) is 7.72. The predicted octanol–water partition coefficient (Wildman–Crippen LogP) is 1.58. The molecule has 0 bridgehead atoms. The first-order chi connectivity index (χ1) is 8.29. The Morgan fingerprint density at radius 3 is 2.76 bits per heavy atom. The molecule has 0 spiro atoms. The number of nitrogens with zero attached hydrogens (tertiary/aromatic N) is 2. The molecule has 1 atom stereocenters. The zero-order valence-corrected chi connectivity index (χ0v) is 11.5. The second-order valence-electron chi connectivity index (χ2n) is 5.02. The topological polar surface area (TPSA) is 53.6 Å². The smallest absolute Gasteiger partial charge is 0.208 e. The number of thioether (sulfide) groups is 1. The van der Waals surface area contributed by atoms with Gasteiger partial charge < -0.3 is 4.90 Å². The number of rotatable bonds is 1. The number of hydrogen-bond donors (Lipinski definition) is 2. The molecule has 0 aromatic rings. The number of guanidine groups is 1. The molecular weight excluding hydrogens is 232 g/mol. The van der Waals surface area contributed by atoms with Crippen LogP contribution >= 0.6 is 11.8 Å². The van der Waals surface area contributed by atoms with Crippen LogP contribution in [-0.2, 0) is 0 Å². The molecule has 1 saturated heterocycles. The molecule has 17 heavy (non-hydrogen) atoms. The summed E-state index contributed by atoms with van der Waals surface area (Å²) in [4.78, 5) is 7.11. The fourth-order valence-electron chi connectivity index (χ4n) is 2.60. The lowest BCUT2D eigenvalue weighted by Crippen LogP contribution is -2.50. The lowest BCUT2D eigenvalue weighted by Gasteiger charge is -2.33. The van der Waals surface area contributed by atoms with Gasteiger partial charge in [0.15, 0.2) is 0 Å². The molecule has 2 aliphatic rings. The van der Waals surface area contributed by atoms with E-state index in [0.717, 1.165) is 19.0 Å². The Labute approximate surface area is 108 Å². The van der Waals surface area contributed by atoms with Gasteiger partial charge in [-0.25, -0.2) is 10.8 Å². The Morgan fingerprint density at radius 2 is 2.12 bits per heavy atom. The Balaban J connectivity index is 1.95. The predicted molar refractivity (Wildman–Crippen MR) is 75.1 cm³/mol. The summed E-state index contributed by atoms with van der Waals surface area (Å²) in [6, 6.07) is 0.486. The van der Waals surface area contributed by atoms with Crippen LogP contribution in [-0.4, -0.2) is 41.0 Å². The van der Waals surface area contributed by atoms with Crippen LogP contribution in [0.1, 0.15) is 39.0 Å². The molecular formula is C12H24N4S. The molecule has 1 unspecified atom stereocenters. The van der Waals surface area contributed by atoms with Crippen molar-refractivity contribution in [1.82, 2.24) is 10.3 Å². The molecule has 0 aromatic carbocycles. The van der Waals surface area contributed by atoms with Crippen LogP contribution in [0.5, 0.6) is 0 Å². The summed E-state index contributed by atoms with van der Waals surface area (Å²) in [7, 11) is 0. The Kier molecular flexibility index (Phi) is 4.98. The molecule has 4 nitrogen and oxygen atoms in total. The van der Waals surface area contributed by atoms with E-state index in [1.165, 1.54) is 37.9 Å². The minimum Gasteiger partial charge on any atom is -0.340 e. The molecule has 2 fully saturated rings. The largest absolute Gasteiger partial charge is 0.340 e. The van der Waals surface area contributed by atoms with Crippen molar-refractivity contribution in [3.8, 4) is 0 Å². The zero-order valence-electron chi connectivity index (χ0n) is 10.7. The van der Waals surface area contributed by atoms with Crippen LogP contribution in [0, 0.1) is 0 Å². The Hall–Kier alpha value is -0.420. The summed E-state index contributed by atoms with van der Waals surface area (Å²) < 4.78 is 0. The van der Waals surface area contributed by atoms with Crippen molar-refractivity contribution in [3.63, 3.8) is 0 Å². The molecule has 1 aliphatic heterocycles. The maximum absolute atomic E-state index is 5.64. The summed E-state index contributed by atoms with van der Waals surface area (Å²) >= 11 is 2.03. The van der Waals surface area contributed by atoms with Gasteiger partial charge in [0.05, 0.1) is 6.04 Å². The summed E-state index contributed by atoms with van der Waals surface area (Å²) in [6.07, 6.45) is 6.46. The first kappa shape index (κ1) is 13.0. The van der Waals surface area contributed by atoms with E-state index < -0.39 is 0 Å². The van der Waals surface area contributed by atoms with Gasteiger partial charge in [-0.05, 0) is 12.8 Å². The van der Waals surface area contributed by atoms with Gasteiger partial charge in [0.2, 0.25) is 5.96 Å². The van der Waals surface area contributed by atoms with Gasteiger partial charge in [0, 0.05) is 24.1 Å². The van der Waals surface area contributed by atoms with E-state index in [4.69, 9.17) is 10.8 Å². The maximum Gasteiger partial charge on any atom is 0.208 e. The first-order valence-corrected chi connectivity index (χ1v) is 7.75. The zero-order chi connectivity index (χ0) is 12.1. The highest BCUT2D eigenvalue weighted by Crippen LogP contribution is 2.22. The maximum atomic E-state index is 5.64. The second-order valence-corrected chi connectivity index (χ2v) is 6.56. The molecule has 0 aromatic heterocycles. The van der Waals surface area contributed by atoms with Gasteiger partial charge in [-0.2, -0.15) is 11.8 Å². The van der Waals surface area contributed by atoms with Gasteiger partial charge >= 0.3 is 0 Å². The van der Waals surface area contributed by atoms with Gasteiger partial charge in [-0.3, -0.25) is 5.43 Å². The van der Waals surface area contributed by atoms with Crippen molar-refractivity contribution < 1.29 is 0 Å². The average molecular weight is 256 g/mol. The molecule has 0 radical (unpaired) electrons. The lowest BCUT2D eigenvalue weighted by atomic mass is 9.96. The van der Waals surface area contributed by atoms with Crippen LogP contribution in [0.4, 0.5) is 0 Å². The van der Waals surface area contributed by atoms with Crippen molar-refractivity contribution in [2.24, 2.45) is 10.8 Å². The average Bonchev–Trinajstić information content (AvgIpc) is 2.37. The van der Waals surface area contributed by atoms with Crippen LogP contribution in [0.2, 0.25) is 0 Å². The van der Waals surface area contributed by atoms with E-state index in [1.807, 2.05) is 11.8 Å². The molecule has 1 saturated carbocycles. The summed E-state index contributed by atoms with van der Waals surface area (Å²) in [5, 5.41) is 0.675. The molecule has 0 amide bonds. The van der Waals surface area contributed by atoms with E-state index in [1.54, 1.807) is 0 Å². The van der Waals surface area contributed by atoms with E-state index in [2.05, 4.69) is 17.2 Å². The molecule has 98 valence electrons. The van der Waals surface area contributed by atoms with Crippen molar-refractivity contribution in [2.45, 2.75) is 50.3 Å². The number of hydrogen-bond acceptors (Lipinski definition) is 3. The summed E-state index contributed by atoms with van der Waals surface area (Å²) in [5.41, 5.74) is 2.81. The van der Waals surface area contributed by atoms with Crippen molar-refractivity contribution >= 4 is 17.7 Å². The third kappa shape index (κ3) is 3.78. The van der Waals surface area contributed by atoms with Crippen LogP contribution in [0.3, 0.4) is 0 Å². The molecule has 1 heterocycles. The number of aliphatic imine (C=N–C) groups is 1. The van der Waals surface area contributed by atoms with Gasteiger partial charge in [0.25, 0.3) is 0 Å². The van der Waals surface area contributed by atoms with Crippen LogP contribution in [0.25, 0.3) is 0 Å². The molecule has 5 heteroatoms. The highest BCUT2D eigenvalue weighted by Gasteiger charge is 2.21. The lowest BCUT2D eigenvalue weighted by molar-refractivity contribution is 0.398. The Bertz CT molecular complexity index is 263. The fourth-order valence-corrected chi connectivity index (χ4v) is 3.62. The molecule has 2 rings (SSSR count). The standard InChI is InChI=1S/C12H24N4S/c1-10-9-16(7-8-17-10)12(15-13)14-11-5-3-2-4-6-11/h10-11H,2-9,13H2,1H3,(H,14,15). The normalized spacial score (nSPS) is 28.2. The van der Waals surface area contributed by atoms with Crippen molar-refractivity contribution in [1.29, 1.82) is 0 Å². The van der Waals surface area contributed by atoms with E-state index in [9.17, 15) is 0 Å². The highest BCUT2D eigenvalue weighted by atomic mass is 32.2. The summed E-state index contributed by atoms with van der Waals surface area (Å²) in [6.45, 7) is 4.39. The van der Waals surface area contributed by atoms with E-state index in [0.29, 0.717) is 11.3 Å². The minimum atomic E-state index is 0.486. The SMILES string of the molecule is CC1CN(C(=NC2CCCCC2)NN)CCS1. The van der Waals surface area contributed by atoms with Crippen molar-refractivity contribution in [2.75, 3.05) is 18.8 Å². The number of nitrogens with one attached hydrogen (secondary N) is 1. The third-order valence-electron chi connectivity index (χ3n) is 3.55. The van der Waals surface area contributed by atoms with Gasteiger partial charge in [-0.1, -0.05) is 26.2 Å². The monoisotopic (exact) mass is 256 g/mol. The van der Waals surface area contributed by atoms with Crippen molar-refractivity contribution in [3.05, 3.63) is 0 Å². The minimum absolute atomic E-state index is 0.486. The van der Waals surface area contributed by atoms with Crippen LogP contribution in [0.15, 0.2) is 4.99 Å². The first-order valence-electron chi connectivity index (χ1n) is 6.70. The van der Waals surface area contributed by atoms with Gasteiger partial charge in [0.1, 0.15) is 0 Å². The third-order valence-corrected chi connectivity index (χ3v) is 4.69. The highest BCUT2D eigenvalue weighted by molar-refractivity contribution is 7.99. The van der Waals surface area contributed by atoms with Gasteiger partial charge in [-0.15, -0.1) is 0 Å². The fraction of sp³-hybridized carbons (Fsp3) is 0.917.